The summed E-state index contributed by atoms with van der Waals surface area (Å²) in [5.74, 6) is 0.0331. The highest BCUT2D eigenvalue weighted by Crippen LogP contribution is 2.14. The first-order chi connectivity index (χ1) is 8.01. The van der Waals surface area contributed by atoms with Crippen LogP contribution in [0, 0.1) is 0 Å². The topological polar surface area (TPSA) is 72.2 Å². The van der Waals surface area contributed by atoms with Crippen LogP contribution < -0.4 is 10.5 Å². The third kappa shape index (κ3) is 6.68. The minimum absolute atomic E-state index is 0.0331. The van der Waals surface area contributed by atoms with Gasteiger partial charge >= 0.3 is 0 Å². The molecule has 4 nitrogen and oxygen atoms in total. The fraction of sp³-hybridized carbons (Fsp3) is 0.455. The molecule has 0 saturated carbocycles. The van der Waals surface area contributed by atoms with E-state index in [1.54, 1.807) is 11.8 Å². The molecule has 0 aliphatic heterocycles. The Bertz CT molecular complexity index is 429. The first-order valence-corrected chi connectivity index (χ1v) is 8.29. The number of benzene rings is 1. The third-order valence-corrected chi connectivity index (χ3v) is 3.87. The molecule has 0 radical (unpaired) electrons. The summed E-state index contributed by atoms with van der Waals surface area (Å²) < 4.78 is 21.4. The van der Waals surface area contributed by atoms with Gasteiger partial charge in [-0.2, -0.15) is 0 Å². The van der Waals surface area contributed by atoms with Gasteiger partial charge in [0.25, 0.3) is 0 Å². The number of sulfonamides is 1. The molecular weight excluding hydrogens is 256 g/mol. The van der Waals surface area contributed by atoms with Crippen LogP contribution in [0.1, 0.15) is 12.0 Å². The van der Waals surface area contributed by atoms with Gasteiger partial charge in [-0.25, -0.2) is 13.6 Å². The summed E-state index contributed by atoms with van der Waals surface area (Å²) in [6, 6.07) is 8.29. The molecule has 0 aliphatic rings. The predicted octanol–water partition coefficient (Wildman–Crippen LogP) is 1.18. The van der Waals surface area contributed by atoms with Gasteiger partial charge in [-0.1, -0.05) is 12.1 Å². The van der Waals surface area contributed by atoms with E-state index in [1.165, 1.54) is 10.5 Å². The molecule has 0 atom stereocenters. The van der Waals surface area contributed by atoms with Crippen LogP contribution in [0.25, 0.3) is 0 Å². The lowest BCUT2D eigenvalue weighted by atomic mass is 10.2. The first kappa shape index (κ1) is 14.5. The van der Waals surface area contributed by atoms with Gasteiger partial charge in [0.15, 0.2) is 0 Å². The van der Waals surface area contributed by atoms with Gasteiger partial charge in [0, 0.05) is 11.4 Å². The number of rotatable bonds is 7. The molecule has 96 valence electrons. The average molecular weight is 274 g/mol. The molecule has 17 heavy (non-hydrogen) atoms. The van der Waals surface area contributed by atoms with Gasteiger partial charge in [-0.15, -0.1) is 11.8 Å². The maximum absolute atomic E-state index is 10.7. The van der Waals surface area contributed by atoms with Crippen molar-refractivity contribution < 1.29 is 8.42 Å². The maximum atomic E-state index is 10.7. The summed E-state index contributed by atoms with van der Waals surface area (Å²) in [6.45, 7) is 1.40. The quantitative estimate of drug-likeness (QED) is 0.578. The molecular formula is C11H18N2O2S2. The minimum Gasteiger partial charge on any atom is -0.313 e. The van der Waals surface area contributed by atoms with E-state index < -0.39 is 10.0 Å². The number of hydrogen-bond acceptors (Lipinski definition) is 4. The van der Waals surface area contributed by atoms with Gasteiger partial charge in [0.2, 0.25) is 10.0 Å². The van der Waals surface area contributed by atoms with Crippen LogP contribution in [-0.2, 0) is 16.6 Å². The monoisotopic (exact) mass is 274 g/mol. The van der Waals surface area contributed by atoms with E-state index in [-0.39, 0.29) is 5.75 Å². The molecule has 6 heteroatoms. The highest BCUT2D eigenvalue weighted by atomic mass is 32.2. The number of thioether (sulfide) groups is 1. The van der Waals surface area contributed by atoms with Crippen LogP contribution in [0.3, 0.4) is 0 Å². The Morgan fingerprint density at radius 2 is 1.94 bits per heavy atom. The summed E-state index contributed by atoms with van der Waals surface area (Å²) in [4.78, 5) is 1.24. The van der Waals surface area contributed by atoms with Gasteiger partial charge in [0.1, 0.15) is 0 Å². The molecule has 0 aliphatic carbocycles. The molecule has 0 bridgehead atoms. The normalized spacial score (nSPS) is 11.6. The van der Waals surface area contributed by atoms with E-state index in [2.05, 4.69) is 29.6 Å². The van der Waals surface area contributed by atoms with E-state index in [0.717, 1.165) is 6.54 Å². The summed E-state index contributed by atoms with van der Waals surface area (Å²) in [7, 11) is -3.32. The zero-order valence-electron chi connectivity index (χ0n) is 9.85. The zero-order chi connectivity index (χ0) is 12.7. The number of primary sulfonamides is 1. The van der Waals surface area contributed by atoms with Crippen molar-refractivity contribution in [2.75, 3.05) is 18.6 Å². The summed E-state index contributed by atoms with van der Waals surface area (Å²) in [5.41, 5.74) is 1.19. The van der Waals surface area contributed by atoms with E-state index in [4.69, 9.17) is 5.14 Å². The lowest BCUT2D eigenvalue weighted by Crippen LogP contribution is -2.22. The van der Waals surface area contributed by atoms with Crippen molar-refractivity contribution in [2.45, 2.75) is 17.9 Å². The molecule has 0 unspecified atom stereocenters. The van der Waals surface area contributed by atoms with E-state index >= 15 is 0 Å². The predicted molar refractivity (Wildman–Crippen MR) is 72.5 cm³/mol. The van der Waals surface area contributed by atoms with Gasteiger partial charge in [0.05, 0.1) is 5.75 Å². The highest BCUT2D eigenvalue weighted by molar-refractivity contribution is 7.98. The zero-order valence-corrected chi connectivity index (χ0v) is 11.5. The third-order valence-electron chi connectivity index (χ3n) is 2.27. The van der Waals surface area contributed by atoms with Crippen molar-refractivity contribution in [3.8, 4) is 0 Å². The van der Waals surface area contributed by atoms with Crippen molar-refractivity contribution in [1.29, 1.82) is 0 Å². The SMILES string of the molecule is CSc1ccc(CNCCCS(N)(=O)=O)cc1. The molecule has 0 spiro atoms. The number of hydrogen-bond donors (Lipinski definition) is 2. The summed E-state index contributed by atoms with van der Waals surface area (Å²) in [6.07, 6.45) is 2.59. The number of nitrogens with two attached hydrogens (primary N) is 1. The van der Waals surface area contributed by atoms with Crippen LogP contribution in [0.5, 0.6) is 0 Å². The van der Waals surface area contributed by atoms with E-state index in [1.807, 2.05) is 6.26 Å². The highest BCUT2D eigenvalue weighted by Gasteiger charge is 2.01. The molecule has 0 amide bonds. The van der Waals surface area contributed by atoms with Gasteiger partial charge in [-0.05, 0) is 36.9 Å². The summed E-state index contributed by atoms with van der Waals surface area (Å²) in [5, 5.41) is 8.09. The smallest absolute Gasteiger partial charge is 0.209 e. The molecule has 1 aromatic carbocycles. The fourth-order valence-corrected chi connectivity index (χ4v) is 2.33. The van der Waals surface area contributed by atoms with Gasteiger partial charge in [-0.3, -0.25) is 0 Å². The van der Waals surface area contributed by atoms with Crippen LogP contribution in [0.2, 0.25) is 0 Å². The lowest BCUT2D eigenvalue weighted by molar-refractivity contribution is 0.590. The Kier molecular flexibility index (Phi) is 5.97. The van der Waals surface area contributed by atoms with Crippen molar-refractivity contribution in [2.24, 2.45) is 5.14 Å². The average Bonchev–Trinajstić information content (AvgIpc) is 2.28. The minimum atomic E-state index is -3.32. The van der Waals surface area contributed by atoms with Crippen LogP contribution in [0.4, 0.5) is 0 Å². The second-order valence-corrected chi connectivity index (χ2v) is 6.36. The Labute approximate surface area is 107 Å². The van der Waals surface area contributed by atoms with Crippen molar-refractivity contribution in [3.63, 3.8) is 0 Å². The molecule has 0 fully saturated rings. The Balaban J connectivity index is 2.22. The van der Waals surface area contributed by atoms with Crippen LogP contribution in [0.15, 0.2) is 29.2 Å². The molecule has 1 rings (SSSR count). The maximum Gasteiger partial charge on any atom is 0.209 e. The van der Waals surface area contributed by atoms with Crippen molar-refractivity contribution in [1.82, 2.24) is 5.32 Å². The van der Waals surface area contributed by atoms with E-state index in [0.29, 0.717) is 13.0 Å². The second kappa shape index (κ2) is 7.00. The standard InChI is InChI=1S/C11H18N2O2S2/c1-16-11-5-3-10(4-6-11)9-13-7-2-8-17(12,14)15/h3-6,13H,2,7-9H2,1H3,(H2,12,14,15). The first-order valence-electron chi connectivity index (χ1n) is 5.35. The van der Waals surface area contributed by atoms with E-state index in [9.17, 15) is 8.42 Å². The van der Waals surface area contributed by atoms with Crippen LogP contribution in [-0.4, -0.2) is 27.0 Å². The van der Waals surface area contributed by atoms with Crippen LogP contribution >= 0.6 is 11.8 Å². The molecule has 3 N–H and O–H groups in total. The fourth-order valence-electron chi connectivity index (χ4n) is 1.37. The summed E-state index contributed by atoms with van der Waals surface area (Å²) >= 11 is 1.71. The lowest BCUT2D eigenvalue weighted by Gasteiger charge is -2.05. The van der Waals surface area contributed by atoms with Gasteiger partial charge < -0.3 is 5.32 Å². The Hall–Kier alpha value is -0.560. The number of nitrogens with one attached hydrogen (secondary N) is 1. The molecule has 0 heterocycles. The molecule has 1 aromatic rings. The molecule has 0 saturated heterocycles. The largest absolute Gasteiger partial charge is 0.313 e. The Morgan fingerprint density at radius 3 is 2.47 bits per heavy atom. The van der Waals surface area contributed by atoms with Crippen molar-refractivity contribution >= 4 is 21.8 Å². The Morgan fingerprint density at radius 1 is 1.29 bits per heavy atom. The molecule has 0 aromatic heterocycles. The van der Waals surface area contributed by atoms with Crippen molar-refractivity contribution in [3.05, 3.63) is 29.8 Å². The second-order valence-electron chi connectivity index (χ2n) is 3.75.